The van der Waals surface area contributed by atoms with Crippen molar-refractivity contribution in [1.82, 2.24) is 4.90 Å². The van der Waals surface area contributed by atoms with E-state index < -0.39 is 17.3 Å². The number of halogens is 3. The zero-order chi connectivity index (χ0) is 18.6. The average Bonchev–Trinajstić information content (AvgIpc) is 2.96. The van der Waals surface area contributed by atoms with Gasteiger partial charge in [0.15, 0.2) is 0 Å². The van der Waals surface area contributed by atoms with Gasteiger partial charge in [0.25, 0.3) is 0 Å². The molecule has 0 N–H and O–H groups in total. The minimum absolute atomic E-state index is 0.410. The van der Waals surface area contributed by atoms with Gasteiger partial charge in [0.2, 0.25) is 0 Å². The van der Waals surface area contributed by atoms with Gasteiger partial charge in [-0.15, -0.1) is 0 Å². The number of para-hydroxylation sites is 1. The third kappa shape index (κ3) is 4.91. The maximum absolute atomic E-state index is 12.6. The summed E-state index contributed by atoms with van der Waals surface area (Å²) in [5, 5.41) is 0. The van der Waals surface area contributed by atoms with Crippen molar-refractivity contribution in [2.75, 3.05) is 26.2 Å². The molecule has 2 aromatic carbocycles. The minimum Gasteiger partial charge on any atom is -0.492 e. The normalized spacial score (nSPS) is 20.9. The lowest BCUT2D eigenvalue weighted by molar-refractivity contribution is -0.137. The number of hydrogen-bond donors (Lipinski definition) is 0. The molecule has 3 rings (SSSR count). The number of hydrogen-bond acceptors (Lipinski definition) is 3. The van der Waals surface area contributed by atoms with Crippen LogP contribution in [0.15, 0.2) is 54.6 Å². The lowest BCUT2D eigenvalue weighted by Crippen LogP contribution is -2.37. The number of alkyl halides is 3. The number of benzene rings is 2. The van der Waals surface area contributed by atoms with Crippen LogP contribution in [0.1, 0.15) is 18.9 Å². The molecule has 1 heterocycles. The summed E-state index contributed by atoms with van der Waals surface area (Å²) in [6.45, 7) is 4.94. The van der Waals surface area contributed by atoms with Gasteiger partial charge in [-0.25, -0.2) is 0 Å². The molecule has 26 heavy (non-hydrogen) atoms. The van der Waals surface area contributed by atoms with Crippen LogP contribution in [-0.4, -0.2) is 36.7 Å². The van der Waals surface area contributed by atoms with Gasteiger partial charge in [0, 0.05) is 26.1 Å². The van der Waals surface area contributed by atoms with Crippen LogP contribution in [0.5, 0.6) is 11.5 Å². The van der Waals surface area contributed by atoms with Crippen molar-refractivity contribution in [3.8, 4) is 11.5 Å². The predicted molar refractivity (Wildman–Crippen MR) is 93.5 cm³/mol. The highest BCUT2D eigenvalue weighted by molar-refractivity contribution is 5.29. The van der Waals surface area contributed by atoms with Crippen molar-refractivity contribution in [2.45, 2.75) is 25.1 Å². The lowest BCUT2D eigenvalue weighted by atomic mass is 10.1. The largest absolute Gasteiger partial charge is 0.492 e. The number of ether oxygens (including phenoxy) is 2. The van der Waals surface area contributed by atoms with Crippen LogP contribution in [0.25, 0.3) is 0 Å². The lowest BCUT2D eigenvalue weighted by Gasteiger charge is -2.26. The molecule has 1 unspecified atom stereocenters. The van der Waals surface area contributed by atoms with E-state index >= 15 is 0 Å². The topological polar surface area (TPSA) is 21.7 Å². The maximum Gasteiger partial charge on any atom is 0.416 e. The molecule has 2 aromatic rings. The molecule has 3 nitrogen and oxygen atoms in total. The van der Waals surface area contributed by atoms with Gasteiger partial charge >= 0.3 is 6.18 Å². The zero-order valence-electron chi connectivity index (χ0n) is 14.6. The molecule has 0 aromatic heterocycles. The van der Waals surface area contributed by atoms with E-state index in [1.807, 2.05) is 37.3 Å². The molecule has 0 saturated carbocycles. The fourth-order valence-electron chi connectivity index (χ4n) is 3.11. The Morgan fingerprint density at radius 2 is 1.69 bits per heavy atom. The summed E-state index contributed by atoms with van der Waals surface area (Å²) in [4.78, 5) is 2.24. The Kier molecular flexibility index (Phi) is 5.41. The van der Waals surface area contributed by atoms with Crippen molar-refractivity contribution < 1.29 is 22.6 Å². The third-order valence-corrected chi connectivity index (χ3v) is 4.48. The molecule has 0 aliphatic carbocycles. The van der Waals surface area contributed by atoms with Crippen molar-refractivity contribution in [3.63, 3.8) is 0 Å². The standard InChI is InChI=1S/C20H22F3NO2/c1-19(26-18-9-7-16(8-10-18)20(21,22)23)11-12-24(15-19)13-14-25-17-5-3-2-4-6-17/h2-10H,11-15H2,1H3. The van der Waals surface area contributed by atoms with Gasteiger partial charge in [-0.3, -0.25) is 4.90 Å². The first kappa shape index (κ1) is 18.6. The van der Waals surface area contributed by atoms with E-state index in [0.29, 0.717) is 18.9 Å². The van der Waals surface area contributed by atoms with Crippen LogP contribution in [0.4, 0.5) is 13.2 Å². The fraction of sp³-hybridized carbons (Fsp3) is 0.400. The van der Waals surface area contributed by atoms with E-state index in [-0.39, 0.29) is 0 Å². The molecule has 0 bridgehead atoms. The van der Waals surface area contributed by atoms with Gasteiger partial charge in [-0.1, -0.05) is 18.2 Å². The van der Waals surface area contributed by atoms with E-state index in [9.17, 15) is 13.2 Å². The second kappa shape index (κ2) is 7.58. The Morgan fingerprint density at radius 3 is 2.35 bits per heavy atom. The fourth-order valence-corrected chi connectivity index (χ4v) is 3.11. The summed E-state index contributed by atoms with van der Waals surface area (Å²) in [7, 11) is 0. The van der Waals surface area contributed by atoms with Gasteiger partial charge in [-0.2, -0.15) is 13.2 Å². The molecule has 1 aliphatic rings. The summed E-state index contributed by atoms with van der Waals surface area (Å²) < 4.78 is 49.6. The predicted octanol–water partition coefficient (Wildman–Crippen LogP) is 4.63. The van der Waals surface area contributed by atoms with E-state index in [2.05, 4.69) is 4.90 Å². The second-order valence-electron chi connectivity index (χ2n) is 6.76. The Balaban J connectivity index is 1.49. The van der Waals surface area contributed by atoms with Gasteiger partial charge in [0.05, 0.1) is 5.56 Å². The molecule has 0 amide bonds. The van der Waals surface area contributed by atoms with Gasteiger partial charge in [0.1, 0.15) is 23.7 Å². The van der Waals surface area contributed by atoms with Gasteiger partial charge < -0.3 is 9.47 Å². The number of nitrogens with zero attached hydrogens (tertiary/aromatic N) is 1. The highest BCUT2D eigenvalue weighted by atomic mass is 19.4. The quantitative estimate of drug-likeness (QED) is 0.745. The van der Waals surface area contributed by atoms with Crippen LogP contribution in [0.3, 0.4) is 0 Å². The first-order chi connectivity index (χ1) is 12.3. The van der Waals surface area contributed by atoms with E-state index in [1.54, 1.807) is 0 Å². The molecular formula is C20H22F3NO2. The van der Waals surface area contributed by atoms with Crippen LogP contribution in [0.2, 0.25) is 0 Å². The number of rotatable bonds is 6. The monoisotopic (exact) mass is 365 g/mol. The minimum atomic E-state index is -4.33. The van der Waals surface area contributed by atoms with Crippen molar-refractivity contribution in [3.05, 3.63) is 60.2 Å². The Bertz CT molecular complexity index is 703. The van der Waals surface area contributed by atoms with E-state index in [1.165, 1.54) is 12.1 Å². The summed E-state index contributed by atoms with van der Waals surface area (Å²) in [5.41, 5.74) is -1.08. The molecular weight excluding hydrogens is 343 g/mol. The third-order valence-electron chi connectivity index (χ3n) is 4.48. The molecule has 1 saturated heterocycles. The molecule has 1 aliphatic heterocycles. The van der Waals surface area contributed by atoms with Crippen LogP contribution >= 0.6 is 0 Å². The van der Waals surface area contributed by atoms with Gasteiger partial charge in [-0.05, 0) is 43.3 Å². The summed E-state index contributed by atoms with van der Waals surface area (Å²) in [6.07, 6.45) is -3.51. The molecule has 0 radical (unpaired) electrons. The van der Waals surface area contributed by atoms with E-state index in [4.69, 9.17) is 9.47 Å². The molecule has 140 valence electrons. The Labute approximate surface area is 151 Å². The van der Waals surface area contributed by atoms with Crippen LogP contribution in [-0.2, 0) is 6.18 Å². The summed E-state index contributed by atoms with van der Waals surface area (Å²) in [6, 6.07) is 14.5. The first-order valence-corrected chi connectivity index (χ1v) is 8.61. The zero-order valence-corrected chi connectivity index (χ0v) is 14.6. The second-order valence-corrected chi connectivity index (χ2v) is 6.76. The highest BCUT2D eigenvalue weighted by Gasteiger charge is 2.36. The molecule has 0 spiro atoms. The summed E-state index contributed by atoms with van der Waals surface area (Å²) >= 11 is 0. The highest BCUT2D eigenvalue weighted by Crippen LogP contribution is 2.32. The summed E-state index contributed by atoms with van der Waals surface area (Å²) in [5.74, 6) is 1.30. The molecule has 1 fully saturated rings. The van der Waals surface area contributed by atoms with Crippen molar-refractivity contribution >= 4 is 0 Å². The number of likely N-dealkylation sites (tertiary alicyclic amines) is 1. The van der Waals surface area contributed by atoms with Crippen LogP contribution in [0, 0.1) is 0 Å². The molecule has 1 atom stereocenters. The first-order valence-electron chi connectivity index (χ1n) is 8.61. The van der Waals surface area contributed by atoms with Crippen LogP contribution < -0.4 is 9.47 Å². The molecule has 6 heteroatoms. The SMILES string of the molecule is CC1(Oc2ccc(C(F)(F)F)cc2)CCN(CCOc2ccccc2)C1. The van der Waals surface area contributed by atoms with Crippen molar-refractivity contribution in [1.29, 1.82) is 0 Å². The average molecular weight is 365 g/mol. The van der Waals surface area contributed by atoms with Crippen molar-refractivity contribution in [2.24, 2.45) is 0 Å². The Hall–Kier alpha value is -2.21. The maximum atomic E-state index is 12.6. The Morgan fingerprint density at radius 1 is 1.00 bits per heavy atom. The smallest absolute Gasteiger partial charge is 0.416 e. The van der Waals surface area contributed by atoms with E-state index in [0.717, 1.165) is 37.4 Å².